The number of anilines is 1. The van der Waals surface area contributed by atoms with E-state index in [9.17, 15) is 0 Å². The molecule has 2 rings (SSSR count). The van der Waals surface area contributed by atoms with Crippen LogP contribution in [-0.2, 0) is 4.74 Å². The van der Waals surface area contributed by atoms with E-state index in [4.69, 9.17) is 14.2 Å². The van der Waals surface area contributed by atoms with Gasteiger partial charge in [-0.1, -0.05) is 12.1 Å². The summed E-state index contributed by atoms with van der Waals surface area (Å²) in [7, 11) is 1.69. The Labute approximate surface area is 125 Å². The van der Waals surface area contributed by atoms with E-state index in [2.05, 4.69) is 5.32 Å². The topological polar surface area (TPSA) is 39.7 Å². The third kappa shape index (κ3) is 4.68. The summed E-state index contributed by atoms with van der Waals surface area (Å²) in [5.41, 5.74) is 1.04. The standard InChI is InChI=1S/C17H21NO3/c1-3-20-16-6-4-5-7-17(16)21-15-10-8-14(9-11-15)18-12-13-19-2/h4-11,18H,3,12-13H2,1-2H3. The molecule has 21 heavy (non-hydrogen) atoms. The molecule has 0 aliphatic heterocycles. The summed E-state index contributed by atoms with van der Waals surface area (Å²) < 4.78 is 16.4. The van der Waals surface area contributed by atoms with Crippen molar-refractivity contribution in [3.63, 3.8) is 0 Å². The maximum absolute atomic E-state index is 5.87. The van der Waals surface area contributed by atoms with Gasteiger partial charge in [-0.3, -0.25) is 0 Å². The Morgan fingerprint density at radius 3 is 2.33 bits per heavy atom. The van der Waals surface area contributed by atoms with Crippen LogP contribution in [0.25, 0.3) is 0 Å². The SMILES string of the molecule is CCOc1ccccc1Oc1ccc(NCCOC)cc1. The summed E-state index contributed by atoms with van der Waals surface area (Å²) in [6.45, 7) is 4.03. The Hall–Kier alpha value is -2.20. The number of hydrogen-bond donors (Lipinski definition) is 1. The van der Waals surface area contributed by atoms with Crippen LogP contribution in [0.3, 0.4) is 0 Å². The van der Waals surface area contributed by atoms with Crippen LogP contribution >= 0.6 is 0 Å². The fourth-order valence-electron chi connectivity index (χ4n) is 1.87. The van der Waals surface area contributed by atoms with Crippen LogP contribution in [0.15, 0.2) is 48.5 Å². The van der Waals surface area contributed by atoms with Crippen molar-refractivity contribution in [3.8, 4) is 17.2 Å². The molecule has 0 unspecified atom stereocenters. The number of ether oxygens (including phenoxy) is 3. The van der Waals surface area contributed by atoms with Gasteiger partial charge in [-0.2, -0.15) is 0 Å². The average molecular weight is 287 g/mol. The summed E-state index contributed by atoms with van der Waals surface area (Å²) in [5.74, 6) is 2.25. The van der Waals surface area contributed by atoms with Crippen LogP contribution in [0.5, 0.6) is 17.2 Å². The lowest BCUT2D eigenvalue weighted by Crippen LogP contribution is -2.07. The predicted octanol–water partition coefficient (Wildman–Crippen LogP) is 3.94. The quantitative estimate of drug-likeness (QED) is 0.747. The zero-order valence-electron chi connectivity index (χ0n) is 12.5. The van der Waals surface area contributed by atoms with Gasteiger partial charge in [0.15, 0.2) is 11.5 Å². The Morgan fingerprint density at radius 1 is 0.952 bits per heavy atom. The first kappa shape index (κ1) is 15.2. The van der Waals surface area contributed by atoms with Crippen LogP contribution in [-0.4, -0.2) is 26.9 Å². The lowest BCUT2D eigenvalue weighted by atomic mass is 10.3. The first-order valence-electron chi connectivity index (χ1n) is 7.06. The number of rotatable bonds is 8. The molecule has 0 aliphatic carbocycles. The van der Waals surface area contributed by atoms with Crippen molar-refractivity contribution in [1.29, 1.82) is 0 Å². The molecule has 1 N–H and O–H groups in total. The molecule has 2 aromatic carbocycles. The monoisotopic (exact) mass is 287 g/mol. The lowest BCUT2D eigenvalue weighted by Gasteiger charge is -2.12. The largest absolute Gasteiger partial charge is 0.490 e. The minimum absolute atomic E-state index is 0.614. The third-order valence-electron chi connectivity index (χ3n) is 2.87. The Morgan fingerprint density at radius 2 is 1.67 bits per heavy atom. The summed E-state index contributed by atoms with van der Waals surface area (Å²) in [6.07, 6.45) is 0. The summed E-state index contributed by atoms with van der Waals surface area (Å²) in [4.78, 5) is 0. The van der Waals surface area contributed by atoms with Gasteiger partial charge < -0.3 is 19.5 Å². The summed E-state index contributed by atoms with van der Waals surface area (Å²) in [5, 5.41) is 3.26. The van der Waals surface area contributed by atoms with Gasteiger partial charge in [-0.15, -0.1) is 0 Å². The van der Waals surface area contributed by atoms with E-state index in [0.717, 1.165) is 29.5 Å². The molecule has 0 aromatic heterocycles. The normalized spacial score (nSPS) is 10.2. The molecule has 0 saturated heterocycles. The van der Waals surface area contributed by atoms with E-state index >= 15 is 0 Å². The van der Waals surface area contributed by atoms with E-state index in [-0.39, 0.29) is 0 Å². The molecule has 0 bridgehead atoms. The lowest BCUT2D eigenvalue weighted by molar-refractivity contribution is 0.211. The van der Waals surface area contributed by atoms with Gasteiger partial charge in [0.25, 0.3) is 0 Å². The predicted molar refractivity (Wildman–Crippen MR) is 84.5 cm³/mol. The number of para-hydroxylation sites is 2. The second-order valence-electron chi connectivity index (χ2n) is 4.43. The van der Waals surface area contributed by atoms with Crippen molar-refractivity contribution in [1.82, 2.24) is 0 Å². The maximum atomic E-state index is 5.87. The van der Waals surface area contributed by atoms with Crippen molar-refractivity contribution in [3.05, 3.63) is 48.5 Å². The summed E-state index contributed by atoms with van der Waals surface area (Å²) in [6, 6.07) is 15.5. The minimum Gasteiger partial charge on any atom is -0.490 e. The highest BCUT2D eigenvalue weighted by atomic mass is 16.5. The highest BCUT2D eigenvalue weighted by Gasteiger charge is 2.04. The highest BCUT2D eigenvalue weighted by molar-refractivity contribution is 5.48. The zero-order valence-corrected chi connectivity index (χ0v) is 12.5. The van der Waals surface area contributed by atoms with Crippen molar-refractivity contribution >= 4 is 5.69 Å². The Balaban J connectivity index is 2.00. The smallest absolute Gasteiger partial charge is 0.169 e. The molecule has 4 nitrogen and oxygen atoms in total. The Bertz CT molecular complexity index is 540. The molecule has 0 saturated carbocycles. The van der Waals surface area contributed by atoms with Gasteiger partial charge in [-0.05, 0) is 43.3 Å². The van der Waals surface area contributed by atoms with Crippen molar-refractivity contribution < 1.29 is 14.2 Å². The molecule has 0 heterocycles. The Kier molecular flexibility index (Phi) is 5.91. The molecule has 0 fully saturated rings. The van der Waals surface area contributed by atoms with Crippen molar-refractivity contribution in [2.45, 2.75) is 6.92 Å². The van der Waals surface area contributed by atoms with Crippen LogP contribution in [0.1, 0.15) is 6.92 Å². The summed E-state index contributed by atoms with van der Waals surface area (Å²) >= 11 is 0. The number of benzene rings is 2. The molecule has 0 aliphatic rings. The molecule has 2 aromatic rings. The molecule has 0 radical (unpaired) electrons. The third-order valence-corrected chi connectivity index (χ3v) is 2.87. The van der Waals surface area contributed by atoms with Crippen molar-refractivity contribution in [2.75, 3.05) is 32.2 Å². The average Bonchev–Trinajstić information content (AvgIpc) is 2.51. The van der Waals surface area contributed by atoms with E-state index < -0.39 is 0 Å². The minimum atomic E-state index is 0.614. The fraction of sp³-hybridized carbons (Fsp3) is 0.294. The first-order chi connectivity index (χ1) is 10.3. The molecular formula is C17H21NO3. The van der Waals surface area contributed by atoms with E-state index in [1.165, 1.54) is 0 Å². The first-order valence-corrected chi connectivity index (χ1v) is 7.06. The van der Waals surface area contributed by atoms with Gasteiger partial charge in [0.05, 0.1) is 13.2 Å². The number of nitrogens with one attached hydrogen (secondary N) is 1. The number of hydrogen-bond acceptors (Lipinski definition) is 4. The second-order valence-corrected chi connectivity index (χ2v) is 4.43. The highest BCUT2D eigenvalue weighted by Crippen LogP contribution is 2.31. The molecule has 0 spiro atoms. The van der Waals surface area contributed by atoms with Crippen molar-refractivity contribution in [2.24, 2.45) is 0 Å². The molecule has 112 valence electrons. The molecule has 0 atom stereocenters. The van der Waals surface area contributed by atoms with Crippen LogP contribution in [0, 0.1) is 0 Å². The van der Waals surface area contributed by atoms with Gasteiger partial charge in [0.1, 0.15) is 5.75 Å². The van der Waals surface area contributed by atoms with Crippen LogP contribution in [0.2, 0.25) is 0 Å². The van der Waals surface area contributed by atoms with E-state index in [0.29, 0.717) is 13.2 Å². The van der Waals surface area contributed by atoms with Crippen LogP contribution in [0.4, 0.5) is 5.69 Å². The fourth-order valence-corrected chi connectivity index (χ4v) is 1.87. The van der Waals surface area contributed by atoms with E-state index in [1.54, 1.807) is 7.11 Å². The second kappa shape index (κ2) is 8.17. The van der Waals surface area contributed by atoms with Gasteiger partial charge in [0, 0.05) is 19.3 Å². The van der Waals surface area contributed by atoms with E-state index in [1.807, 2.05) is 55.5 Å². The molecular weight excluding hydrogens is 266 g/mol. The zero-order chi connectivity index (χ0) is 14.9. The number of methoxy groups -OCH3 is 1. The van der Waals surface area contributed by atoms with Gasteiger partial charge >= 0.3 is 0 Å². The van der Waals surface area contributed by atoms with Gasteiger partial charge in [-0.25, -0.2) is 0 Å². The molecule has 4 heteroatoms. The maximum Gasteiger partial charge on any atom is 0.169 e. The van der Waals surface area contributed by atoms with Gasteiger partial charge in [0.2, 0.25) is 0 Å². The molecule has 0 amide bonds. The van der Waals surface area contributed by atoms with Crippen LogP contribution < -0.4 is 14.8 Å².